The quantitative estimate of drug-likeness (QED) is 0.652. The number of methoxy groups -OCH3 is 2. The third-order valence-electron chi connectivity index (χ3n) is 4.65. The van der Waals surface area contributed by atoms with Crippen LogP contribution in [0.4, 0.5) is 5.69 Å². The van der Waals surface area contributed by atoms with Gasteiger partial charge in [0.25, 0.3) is 0 Å². The Bertz CT molecular complexity index is 781. The van der Waals surface area contributed by atoms with Crippen molar-refractivity contribution in [1.82, 2.24) is 4.90 Å². The van der Waals surface area contributed by atoms with Gasteiger partial charge in [0, 0.05) is 15.2 Å². The fourth-order valence-electron chi connectivity index (χ4n) is 3.40. The molecule has 0 aliphatic carbocycles. The Kier molecular flexibility index (Phi) is 6.37. The standard InChI is InChI=1S/C20H23IN2O3/c1-25-14-9-10-19(26-2)15(12-14)18-8-5-11-23(18)13-20(24)22-17-7-4-3-6-16(17)21/h3-4,6-7,9-10,12,18H,5,8,11,13H2,1-2H3,(H,22,24). The molecule has 3 rings (SSSR count). The van der Waals surface area contributed by atoms with Gasteiger partial charge in [0.05, 0.1) is 26.5 Å². The van der Waals surface area contributed by atoms with E-state index in [0.29, 0.717) is 6.54 Å². The number of amides is 1. The molecule has 0 spiro atoms. The van der Waals surface area contributed by atoms with Gasteiger partial charge in [0.1, 0.15) is 11.5 Å². The van der Waals surface area contributed by atoms with Crippen LogP contribution in [0.1, 0.15) is 24.4 Å². The number of nitrogens with one attached hydrogen (secondary N) is 1. The van der Waals surface area contributed by atoms with Crippen LogP contribution in [-0.4, -0.2) is 38.1 Å². The van der Waals surface area contributed by atoms with Crippen molar-refractivity contribution in [1.29, 1.82) is 0 Å². The van der Waals surface area contributed by atoms with Gasteiger partial charge < -0.3 is 14.8 Å². The molecule has 1 N–H and O–H groups in total. The molecular weight excluding hydrogens is 443 g/mol. The zero-order valence-electron chi connectivity index (χ0n) is 15.0. The number of para-hydroxylation sites is 1. The van der Waals surface area contributed by atoms with Gasteiger partial charge in [0.15, 0.2) is 0 Å². The Morgan fingerprint density at radius 2 is 2.04 bits per heavy atom. The molecule has 6 heteroatoms. The number of hydrogen-bond donors (Lipinski definition) is 1. The Morgan fingerprint density at radius 1 is 1.23 bits per heavy atom. The smallest absolute Gasteiger partial charge is 0.238 e. The number of ether oxygens (including phenoxy) is 2. The van der Waals surface area contributed by atoms with E-state index in [1.165, 1.54) is 0 Å². The SMILES string of the molecule is COc1ccc(OC)c(C2CCCN2CC(=O)Nc2ccccc2I)c1. The van der Waals surface area contributed by atoms with E-state index >= 15 is 0 Å². The van der Waals surface area contributed by atoms with Gasteiger partial charge >= 0.3 is 0 Å². The first-order chi connectivity index (χ1) is 12.6. The van der Waals surface area contributed by atoms with Gasteiger partial charge in [-0.05, 0) is 72.3 Å². The van der Waals surface area contributed by atoms with E-state index in [2.05, 4.69) is 32.8 Å². The van der Waals surface area contributed by atoms with Crippen molar-refractivity contribution in [3.63, 3.8) is 0 Å². The second-order valence-corrected chi connectivity index (χ2v) is 7.43. The molecule has 1 aliphatic heterocycles. The van der Waals surface area contributed by atoms with E-state index in [1.54, 1.807) is 14.2 Å². The fraction of sp³-hybridized carbons (Fsp3) is 0.350. The van der Waals surface area contributed by atoms with Crippen LogP contribution < -0.4 is 14.8 Å². The number of rotatable bonds is 6. The maximum atomic E-state index is 12.6. The van der Waals surface area contributed by atoms with E-state index in [1.807, 2.05) is 42.5 Å². The van der Waals surface area contributed by atoms with Crippen LogP contribution in [0.25, 0.3) is 0 Å². The van der Waals surface area contributed by atoms with Crippen LogP contribution >= 0.6 is 22.6 Å². The molecule has 0 saturated carbocycles. The number of carbonyl (C=O) groups excluding carboxylic acids is 1. The van der Waals surface area contributed by atoms with Crippen molar-refractivity contribution < 1.29 is 14.3 Å². The van der Waals surface area contributed by atoms with E-state index in [0.717, 1.165) is 45.7 Å². The highest BCUT2D eigenvalue weighted by molar-refractivity contribution is 14.1. The molecule has 1 atom stereocenters. The molecule has 1 heterocycles. The maximum Gasteiger partial charge on any atom is 0.238 e. The number of carbonyl (C=O) groups is 1. The number of benzene rings is 2. The van der Waals surface area contributed by atoms with E-state index < -0.39 is 0 Å². The molecule has 138 valence electrons. The van der Waals surface area contributed by atoms with Gasteiger partial charge in [-0.15, -0.1) is 0 Å². The zero-order valence-corrected chi connectivity index (χ0v) is 17.2. The Morgan fingerprint density at radius 3 is 2.77 bits per heavy atom. The van der Waals surface area contributed by atoms with Crippen LogP contribution in [0.5, 0.6) is 11.5 Å². The predicted molar refractivity (Wildman–Crippen MR) is 111 cm³/mol. The largest absolute Gasteiger partial charge is 0.497 e. The van der Waals surface area contributed by atoms with Crippen LogP contribution in [0.15, 0.2) is 42.5 Å². The van der Waals surface area contributed by atoms with Crippen molar-refractivity contribution in [2.24, 2.45) is 0 Å². The molecule has 2 aromatic carbocycles. The first-order valence-corrected chi connectivity index (χ1v) is 9.70. The summed E-state index contributed by atoms with van der Waals surface area (Å²) in [5, 5.41) is 3.02. The van der Waals surface area contributed by atoms with E-state index in [4.69, 9.17) is 9.47 Å². The second-order valence-electron chi connectivity index (χ2n) is 6.26. The molecular formula is C20H23IN2O3. The minimum atomic E-state index is 0.00267. The zero-order chi connectivity index (χ0) is 18.5. The molecule has 1 aliphatic rings. The lowest BCUT2D eigenvalue weighted by atomic mass is 10.0. The van der Waals surface area contributed by atoms with Crippen molar-refractivity contribution in [2.75, 3.05) is 32.6 Å². The molecule has 0 bridgehead atoms. The Labute approximate surface area is 167 Å². The lowest BCUT2D eigenvalue weighted by Gasteiger charge is -2.26. The first-order valence-electron chi connectivity index (χ1n) is 8.62. The van der Waals surface area contributed by atoms with Crippen LogP contribution in [0.2, 0.25) is 0 Å². The summed E-state index contributed by atoms with van der Waals surface area (Å²) in [4.78, 5) is 14.8. The first kappa shape index (κ1) is 19.0. The summed E-state index contributed by atoms with van der Waals surface area (Å²) in [5.41, 5.74) is 1.93. The van der Waals surface area contributed by atoms with Gasteiger partial charge in [-0.3, -0.25) is 9.69 Å². The fourth-order valence-corrected chi connectivity index (χ4v) is 3.93. The van der Waals surface area contributed by atoms with Gasteiger partial charge in [0.2, 0.25) is 5.91 Å². The summed E-state index contributed by atoms with van der Waals surface area (Å²) in [5.74, 6) is 1.64. The molecule has 1 fully saturated rings. The average Bonchev–Trinajstić information content (AvgIpc) is 3.10. The lowest BCUT2D eigenvalue weighted by Crippen LogP contribution is -2.33. The average molecular weight is 466 g/mol. The predicted octanol–water partition coefficient (Wildman–Crippen LogP) is 4.08. The third kappa shape index (κ3) is 4.29. The van der Waals surface area contributed by atoms with Crippen molar-refractivity contribution >= 4 is 34.2 Å². The van der Waals surface area contributed by atoms with Crippen molar-refractivity contribution in [3.8, 4) is 11.5 Å². The lowest BCUT2D eigenvalue weighted by molar-refractivity contribution is -0.117. The number of halogens is 1. The van der Waals surface area contributed by atoms with Crippen molar-refractivity contribution in [2.45, 2.75) is 18.9 Å². The highest BCUT2D eigenvalue weighted by Crippen LogP contribution is 2.38. The van der Waals surface area contributed by atoms with E-state index in [-0.39, 0.29) is 11.9 Å². The Hall–Kier alpha value is -1.80. The molecule has 1 unspecified atom stereocenters. The summed E-state index contributed by atoms with van der Waals surface area (Å²) in [7, 11) is 3.33. The normalized spacial score (nSPS) is 17.1. The molecule has 0 radical (unpaired) electrons. The highest BCUT2D eigenvalue weighted by atomic mass is 127. The number of anilines is 1. The minimum absolute atomic E-state index is 0.00267. The summed E-state index contributed by atoms with van der Waals surface area (Å²) in [6.07, 6.45) is 2.06. The summed E-state index contributed by atoms with van der Waals surface area (Å²) < 4.78 is 11.9. The highest BCUT2D eigenvalue weighted by Gasteiger charge is 2.30. The van der Waals surface area contributed by atoms with Gasteiger partial charge in [-0.25, -0.2) is 0 Å². The molecule has 1 amide bonds. The Balaban J connectivity index is 1.74. The second kappa shape index (κ2) is 8.73. The molecule has 0 aromatic heterocycles. The van der Waals surface area contributed by atoms with Gasteiger partial charge in [-0.2, -0.15) is 0 Å². The van der Waals surface area contributed by atoms with Crippen LogP contribution in [-0.2, 0) is 4.79 Å². The third-order valence-corrected chi connectivity index (χ3v) is 5.59. The topological polar surface area (TPSA) is 50.8 Å². The monoisotopic (exact) mass is 466 g/mol. The number of hydrogen-bond acceptors (Lipinski definition) is 4. The molecule has 2 aromatic rings. The van der Waals surface area contributed by atoms with Crippen molar-refractivity contribution in [3.05, 3.63) is 51.6 Å². The van der Waals surface area contributed by atoms with E-state index in [9.17, 15) is 4.79 Å². The summed E-state index contributed by atoms with van der Waals surface area (Å²) in [6.45, 7) is 1.25. The summed E-state index contributed by atoms with van der Waals surface area (Å²) >= 11 is 2.23. The van der Waals surface area contributed by atoms with Gasteiger partial charge in [-0.1, -0.05) is 12.1 Å². The minimum Gasteiger partial charge on any atom is -0.497 e. The number of nitrogens with zero attached hydrogens (tertiary/aromatic N) is 1. The number of likely N-dealkylation sites (tertiary alicyclic amines) is 1. The van der Waals surface area contributed by atoms with Crippen LogP contribution in [0.3, 0.4) is 0 Å². The van der Waals surface area contributed by atoms with Crippen LogP contribution in [0, 0.1) is 3.57 Å². The molecule has 5 nitrogen and oxygen atoms in total. The maximum absolute atomic E-state index is 12.6. The molecule has 1 saturated heterocycles. The summed E-state index contributed by atoms with van der Waals surface area (Å²) in [6, 6.07) is 13.8. The molecule has 26 heavy (non-hydrogen) atoms.